The van der Waals surface area contributed by atoms with Crippen LogP contribution in [0, 0.1) is 12.3 Å². The lowest BCUT2D eigenvalue weighted by Gasteiger charge is -2.37. The molecule has 3 aromatic carbocycles. The minimum Gasteiger partial charge on any atom is -0.456 e. The van der Waals surface area contributed by atoms with Gasteiger partial charge in [-0.15, -0.1) is 0 Å². The van der Waals surface area contributed by atoms with Crippen LogP contribution in [0.5, 0.6) is 0 Å². The van der Waals surface area contributed by atoms with E-state index in [1.165, 1.54) is 90.0 Å². The Morgan fingerprint density at radius 2 is 1.68 bits per heavy atom. The first-order valence-electron chi connectivity index (χ1n) is 13.2. The second-order valence-corrected chi connectivity index (χ2v) is 11.1. The van der Waals surface area contributed by atoms with Gasteiger partial charge in [-0.25, -0.2) is 0 Å². The predicted molar refractivity (Wildman–Crippen MR) is 141 cm³/mol. The number of benzene rings is 3. The van der Waals surface area contributed by atoms with Crippen molar-refractivity contribution < 1.29 is 4.42 Å². The van der Waals surface area contributed by atoms with Gasteiger partial charge in [0.05, 0.1) is 6.04 Å². The van der Waals surface area contributed by atoms with Crippen molar-refractivity contribution in [3.05, 3.63) is 88.6 Å². The number of fused-ring (bicyclic) bond motifs is 4. The molecule has 0 saturated heterocycles. The lowest BCUT2D eigenvalue weighted by atomic mass is 9.68. The number of nitrogens with one attached hydrogen (secondary N) is 1. The zero-order valence-corrected chi connectivity index (χ0v) is 20.1. The van der Waals surface area contributed by atoms with Crippen molar-refractivity contribution >= 4 is 28.0 Å². The Balaban J connectivity index is 1.25. The van der Waals surface area contributed by atoms with Gasteiger partial charge in [0, 0.05) is 16.3 Å². The van der Waals surface area contributed by atoms with Crippen molar-refractivity contribution in [2.24, 2.45) is 5.41 Å². The van der Waals surface area contributed by atoms with Crippen molar-refractivity contribution in [2.75, 3.05) is 0 Å². The van der Waals surface area contributed by atoms with E-state index in [2.05, 4.69) is 79.1 Å². The molecule has 172 valence electrons. The van der Waals surface area contributed by atoms with Crippen LogP contribution in [0.4, 0.5) is 0 Å². The van der Waals surface area contributed by atoms with Crippen LogP contribution in [0.2, 0.25) is 0 Å². The van der Waals surface area contributed by atoms with Crippen LogP contribution in [0.1, 0.15) is 91.1 Å². The monoisotopic (exact) mass is 447 g/mol. The third-order valence-electron chi connectivity index (χ3n) is 9.09. The highest BCUT2D eigenvalue weighted by Crippen LogP contribution is 2.52. The highest BCUT2D eigenvalue weighted by Gasteiger charge is 2.38. The van der Waals surface area contributed by atoms with E-state index < -0.39 is 0 Å². The van der Waals surface area contributed by atoms with Crippen molar-refractivity contribution in [3.63, 3.8) is 0 Å². The molecular weight excluding hydrogens is 414 g/mol. The number of rotatable bonds is 2. The molecule has 1 spiro atoms. The highest BCUT2D eigenvalue weighted by atomic mass is 16.3. The van der Waals surface area contributed by atoms with Crippen LogP contribution in [0.3, 0.4) is 0 Å². The van der Waals surface area contributed by atoms with E-state index in [-0.39, 0.29) is 6.04 Å². The number of hydrogen-bond donors (Lipinski definition) is 1. The predicted octanol–water partition coefficient (Wildman–Crippen LogP) is 8.78. The Labute approximate surface area is 202 Å². The van der Waals surface area contributed by atoms with E-state index in [4.69, 9.17) is 4.42 Å². The van der Waals surface area contributed by atoms with Gasteiger partial charge in [-0.05, 0) is 110 Å². The van der Waals surface area contributed by atoms with Gasteiger partial charge < -0.3 is 9.73 Å². The van der Waals surface area contributed by atoms with Gasteiger partial charge in [-0.1, -0.05) is 49.2 Å². The van der Waals surface area contributed by atoms with Crippen LogP contribution >= 0.6 is 0 Å². The minimum absolute atomic E-state index is 0.102. The van der Waals surface area contributed by atoms with Crippen molar-refractivity contribution in [1.82, 2.24) is 5.32 Å². The third-order valence-corrected chi connectivity index (χ3v) is 9.09. The van der Waals surface area contributed by atoms with Crippen LogP contribution in [-0.4, -0.2) is 0 Å². The van der Waals surface area contributed by atoms with Gasteiger partial charge in [0.25, 0.3) is 0 Å². The lowest BCUT2D eigenvalue weighted by molar-refractivity contribution is 0.181. The van der Waals surface area contributed by atoms with Gasteiger partial charge in [0.2, 0.25) is 0 Å². The van der Waals surface area contributed by atoms with Gasteiger partial charge in [0.1, 0.15) is 11.2 Å². The summed E-state index contributed by atoms with van der Waals surface area (Å²) >= 11 is 0. The highest BCUT2D eigenvalue weighted by molar-refractivity contribution is 6.06. The average Bonchev–Trinajstić information content (AvgIpc) is 3.48. The maximum Gasteiger partial charge on any atom is 0.141 e. The zero-order valence-electron chi connectivity index (χ0n) is 20.1. The fourth-order valence-electron chi connectivity index (χ4n) is 7.24. The molecule has 2 fully saturated rings. The van der Waals surface area contributed by atoms with Crippen molar-refractivity contribution in [2.45, 2.75) is 70.3 Å². The van der Waals surface area contributed by atoms with Crippen molar-refractivity contribution in [1.29, 1.82) is 0 Å². The molecule has 1 aliphatic heterocycles. The normalized spacial score (nSPS) is 21.9. The fourth-order valence-corrected chi connectivity index (χ4v) is 7.24. The van der Waals surface area contributed by atoms with E-state index in [0.717, 1.165) is 17.1 Å². The third kappa shape index (κ3) is 3.22. The molecule has 4 aromatic rings. The lowest BCUT2D eigenvalue weighted by Crippen LogP contribution is -2.24. The van der Waals surface area contributed by atoms with E-state index in [1.807, 2.05) is 0 Å². The quantitative estimate of drug-likeness (QED) is 0.332. The van der Waals surface area contributed by atoms with Crippen LogP contribution in [0.25, 0.3) is 28.0 Å². The van der Waals surface area contributed by atoms with Gasteiger partial charge >= 0.3 is 0 Å². The Kier molecular flexibility index (Phi) is 4.65. The molecule has 2 nitrogen and oxygen atoms in total. The molecular formula is C32H33NO. The number of hydrogen-bond acceptors (Lipinski definition) is 2. The molecule has 2 saturated carbocycles. The van der Waals surface area contributed by atoms with Crippen LogP contribution < -0.4 is 5.32 Å². The molecule has 2 heteroatoms. The molecule has 2 heterocycles. The Hall–Kier alpha value is -3.00. The van der Waals surface area contributed by atoms with Crippen LogP contribution in [0.15, 0.2) is 65.2 Å². The molecule has 0 bridgehead atoms. The van der Waals surface area contributed by atoms with E-state index in [1.54, 1.807) is 0 Å². The van der Waals surface area contributed by atoms with Gasteiger partial charge in [-0.3, -0.25) is 0 Å². The summed E-state index contributed by atoms with van der Waals surface area (Å²) in [6, 6.07) is 20.3. The standard InChI is InChI=1S/C32H33NO/c1-21-18-27-26-6-2-3-7-29(26)34-31(27)28(19-21)30-25-9-8-23(20-24(25)12-17-33-30)22-10-15-32(16-11-22)13-4-5-14-32/h2-3,6-9,12,17-20,22,30,33H,4-5,10-11,13-16H2,1H3. The molecule has 2 aliphatic carbocycles. The molecule has 0 amide bonds. The molecule has 1 atom stereocenters. The SMILES string of the molecule is Cc1cc(C2NC=Cc3cc(C4CCC5(CCCC5)CC4)ccc32)c2oc3ccccc3c2c1. The molecule has 0 radical (unpaired) electrons. The minimum atomic E-state index is 0.102. The summed E-state index contributed by atoms with van der Waals surface area (Å²) in [4.78, 5) is 0. The molecule has 34 heavy (non-hydrogen) atoms. The molecule has 1 aromatic heterocycles. The van der Waals surface area contributed by atoms with E-state index in [0.29, 0.717) is 5.41 Å². The number of para-hydroxylation sites is 1. The second-order valence-electron chi connectivity index (χ2n) is 11.1. The zero-order chi connectivity index (χ0) is 22.7. The smallest absolute Gasteiger partial charge is 0.141 e. The molecule has 7 rings (SSSR count). The van der Waals surface area contributed by atoms with Crippen LogP contribution in [-0.2, 0) is 0 Å². The first kappa shape index (κ1) is 20.4. The summed E-state index contributed by atoms with van der Waals surface area (Å²) in [6.07, 6.45) is 15.8. The first-order chi connectivity index (χ1) is 16.7. The number of aryl methyl sites for hydroxylation is 1. The summed E-state index contributed by atoms with van der Waals surface area (Å²) in [6.45, 7) is 2.19. The molecule has 1 N–H and O–H groups in total. The summed E-state index contributed by atoms with van der Waals surface area (Å²) in [5, 5.41) is 6.05. The Bertz CT molecular complexity index is 1410. The van der Waals surface area contributed by atoms with Crippen molar-refractivity contribution in [3.8, 4) is 0 Å². The van der Waals surface area contributed by atoms with E-state index >= 15 is 0 Å². The summed E-state index contributed by atoms with van der Waals surface area (Å²) in [5.41, 5.74) is 9.40. The number of furan rings is 1. The fraction of sp³-hybridized carbons (Fsp3) is 0.375. The molecule has 3 aliphatic rings. The topological polar surface area (TPSA) is 25.2 Å². The van der Waals surface area contributed by atoms with Gasteiger partial charge in [0.15, 0.2) is 0 Å². The maximum atomic E-state index is 6.41. The largest absolute Gasteiger partial charge is 0.456 e. The summed E-state index contributed by atoms with van der Waals surface area (Å²) < 4.78 is 6.41. The first-order valence-corrected chi connectivity index (χ1v) is 13.2. The summed E-state index contributed by atoms with van der Waals surface area (Å²) in [7, 11) is 0. The van der Waals surface area contributed by atoms with Gasteiger partial charge in [-0.2, -0.15) is 0 Å². The molecule has 1 unspecified atom stereocenters. The average molecular weight is 448 g/mol. The Morgan fingerprint density at radius 3 is 2.53 bits per heavy atom. The summed E-state index contributed by atoms with van der Waals surface area (Å²) in [5.74, 6) is 0.722. The second kappa shape index (κ2) is 7.77. The Morgan fingerprint density at radius 1 is 0.853 bits per heavy atom. The van der Waals surface area contributed by atoms with E-state index in [9.17, 15) is 0 Å². The maximum absolute atomic E-state index is 6.41.